The van der Waals surface area contributed by atoms with Gasteiger partial charge in [-0.05, 0) is 19.1 Å². The number of fused-ring (bicyclic) bond motifs is 1. The van der Waals surface area contributed by atoms with Crippen molar-refractivity contribution in [2.24, 2.45) is 0 Å². The van der Waals surface area contributed by atoms with E-state index in [0.29, 0.717) is 5.75 Å². The van der Waals surface area contributed by atoms with Crippen LogP contribution >= 0.6 is 0 Å². The minimum atomic E-state index is -0.807. The van der Waals surface area contributed by atoms with Crippen molar-refractivity contribution in [2.75, 3.05) is 17.3 Å². The third-order valence-corrected chi connectivity index (χ3v) is 3.22. The van der Waals surface area contributed by atoms with Gasteiger partial charge in [0.05, 0.1) is 11.6 Å². The van der Waals surface area contributed by atoms with E-state index in [9.17, 15) is 4.21 Å². The largest absolute Gasteiger partial charge is 0.464 e. The van der Waals surface area contributed by atoms with Crippen molar-refractivity contribution in [2.45, 2.75) is 13.0 Å². The Morgan fingerprint density at radius 3 is 3.12 bits per heavy atom. The van der Waals surface area contributed by atoms with Crippen LogP contribution in [0.15, 0.2) is 29.0 Å². The maximum atomic E-state index is 11.1. The minimum absolute atomic E-state index is 0.124. The van der Waals surface area contributed by atoms with E-state index in [4.69, 9.17) is 4.42 Å². The normalized spacial score (nSPS) is 14.9. The fraction of sp³-hybridized carbons (Fsp3) is 0.364. The SMILES string of the molecule is CC(CS(C)=O)Nc1nccc2occc12. The van der Waals surface area contributed by atoms with Crippen LogP contribution in [0.25, 0.3) is 11.0 Å². The second-order valence-electron chi connectivity index (χ2n) is 3.78. The molecular formula is C11H14N2O2S. The van der Waals surface area contributed by atoms with Crippen LogP contribution in [0.3, 0.4) is 0 Å². The molecule has 16 heavy (non-hydrogen) atoms. The summed E-state index contributed by atoms with van der Waals surface area (Å²) in [5.74, 6) is 1.39. The van der Waals surface area contributed by atoms with Gasteiger partial charge in [-0.1, -0.05) is 0 Å². The predicted molar refractivity (Wildman–Crippen MR) is 66.0 cm³/mol. The second-order valence-corrected chi connectivity index (χ2v) is 5.26. The van der Waals surface area contributed by atoms with E-state index in [1.165, 1.54) is 0 Å². The smallest absolute Gasteiger partial charge is 0.139 e. The van der Waals surface area contributed by atoms with Crippen molar-refractivity contribution < 1.29 is 8.63 Å². The van der Waals surface area contributed by atoms with E-state index in [1.54, 1.807) is 18.7 Å². The van der Waals surface area contributed by atoms with Gasteiger partial charge in [0, 0.05) is 35.0 Å². The van der Waals surface area contributed by atoms with E-state index in [2.05, 4.69) is 10.3 Å². The van der Waals surface area contributed by atoms with Crippen LogP contribution in [0.5, 0.6) is 0 Å². The summed E-state index contributed by atoms with van der Waals surface area (Å²) in [6.07, 6.45) is 5.04. The maximum absolute atomic E-state index is 11.1. The first-order valence-electron chi connectivity index (χ1n) is 5.05. The van der Waals surface area contributed by atoms with Gasteiger partial charge in [-0.3, -0.25) is 4.21 Å². The van der Waals surface area contributed by atoms with Crippen LogP contribution in [0.1, 0.15) is 6.92 Å². The van der Waals surface area contributed by atoms with Crippen LogP contribution in [0, 0.1) is 0 Å². The molecule has 2 atom stereocenters. The van der Waals surface area contributed by atoms with Gasteiger partial charge >= 0.3 is 0 Å². The second kappa shape index (κ2) is 4.65. The third-order valence-electron chi connectivity index (χ3n) is 2.25. The molecule has 0 aromatic carbocycles. The Balaban J connectivity index is 2.20. The monoisotopic (exact) mass is 238 g/mol. The van der Waals surface area contributed by atoms with Crippen LogP contribution in [0.2, 0.25) is 0 Å². The number of rotatable bonds is 4. The average Bonchev–Trinajstić information content (AvgIpc) is 2.65. The highest BCUT2D eigenvalue weighted by Crippen LogP contribution is 2.22. The van der Waals surface area contributed by atoms with Gasteiger partial charge in [0.2, 0.25) is 0 Å². The zero-order valence-corrected chi connectivity index (χ0v) is 10.1. The number of aromatic nitrogens is 1. The van der Waals surface area contributed by atoms with E-state index in [1.807, 2.05) is 19.1 Å². The summed E-state index contributed by atoms with van der Waals surface area (Å²) < 4.78 is 16.4. The highest BCUT2D eigenvalue weighted by Gasteiger charge is 2.09. The van der Waals surface area contributed by atoms with E-state index in [-0.39, 0.29) is 6.04 Å². The first kappa shape index (κ1) is 11.1. The molecule has 2 unspecified atom stereocenters. The molecule has 2 rings (SSSR count). The lowest BCUT2D eigenvalue weighted by Gasteiger charge is -2.13. The maximum Gasteiger partial charge on any atom is 0.139 e. The summed E-state index contributed by atoms with van der Waals surface area (Å²) in [6, 6.07) is 3.82. The zero-order valence-electron chi connectivity index (χ0n) is 9.27. The molecule has 0 aliphatic carbocycles. The summed E-state index contributed by atoms with van der Waals surface area (Å²) in [5.41, 5.74) is 0.808. The highest BCUT2D eigenvalue weighted by molar-refractivity contribution is 7.84. The lowest BCUT2D eigenvalue weighted by Crippen LogP contribution is -2.22. The lowest BCUT2D eigenvalue weighted by molar-refractivity contribution is 0.615. The Morgan fingerprint density at radius 2 is 2.38 bits per heavy atom. The summed E-state index contributed by atoms with van der Waals surface area (Å²) in [6.45, 7) is 1.99. The molecule has 0 saturated heterocycles. The number of nitrogens with one attached hydrogen (secondary N) is 1. The number of pyridine rings is 1. The molecule has 86 valence electrons. The fourth-order valence-corrected chi connectivity index (χ4v) is 2.42. The van der Waals surface area contributed by atoms with Gasteiger partial charge in [-0.2, -0.15) is 0 Å². The molecule has 0 amide bonds. The third kappa shape index (κ3) is 2.41. The average molecular weight is 238 g/mol. The molecule has 0 fully saturated rings. The summed E-state index contributed by atoms with van der Waals surface area (Å²) in [5, 5.41) is 4.19. The standard InChI is InChI=1S/C11H14N2O2S/c1-8(7-16(2)14)13-11-9-4-6-15-10(9)3-5-12-11/h3-6,8H,7H2,1-2H3,(H,12,13). The number of hydrogen-bond donors (Lipinski definition) is 1. The van der Waals surface area contributed by atoms with Crippen LogP contribution < -0.4 is 5.32 Å². The Morgan fingerprint density at radius 1 is 1.56 bits per heavy atom. The number of anilines is 1. The first-order chi connectivity index (χ1) is 7.66. The topological polar surface area (TPSA) is 55.1 Å². The molecule has 1 N–H and O–H groups in total. The summed E-state index contributed by atoms with van der Waals surface area (Å²) >= 11 is 0. The Hall–Kier alpha value is -1.36. The van der Waals surface area contributed by atoms with Gasteiger partial charge in [0.15, 0.2) is 0 Å². The fourth-order valence-electron chi connectivity index (χ4n) is 1.64. The molecule has 0 aliphatic heterocycles. The van der Waals surface area contributed by atoms with E-state index in [0.717, 1.165) is 16.8 Å². The van der Waals surface area contributed by atoms with Gasteiger partial charge in [-0.25, -0.2) is 4.98 Å². The Kier molecular flexibility index (Phi) is 3.24. The van der Waals surface area contributed by atoms with E-state index < -0.39 is 10.8 Å². The van der Waals surface area contributed by atoms with Gasteiger partial charge in [0.25, 0.3) is 0 Å². The number of furan rings is 1. The minimum Gasteiger partial charge on any atom is -0.464 e. The molecule has 2 heterocycles. The molecule has 0 radical (unpaired) electrons. The van der Waals surface area contributed by atoms with Crippen molar-refractivity contribution in [3.05, 3.63) is 24.6 Å². The molecule has 2 aromatic rings. The lowest BCUT2D eigenvalue weighted by atomic mass is 10.3. The Labute approximate surface area is 96.5 Å². The number of nitrogens with zero attached hydrogens (tertiary/aromatic N) is 1. The molecule has 0 bridgehead atoms. The predicted octanol–water partition coefficient (Wildman–Crippen LogP) is 2.01. The molecule has 0 spiro atoms. The van der Waals surface area contributed by atoms with Crippen LogP contribution in [0.4, 0.5) is 5.82 Å². The van der Waals surface area contributed by atoms with E-state index >= 15 is 0 Å². The van der Waals surface area contributed by atoms with Gasteiger partial charge in [-0.15, -0.1) is 0 Å². The molecular weight excluding hydrogens is 224 g/mol. The molecule has 5 heteroatoms. The quantitative estimate of drug-likeness (QED) is 0.885. The molecule has 2 aromatic heterocycles. The number of hydrogen-bond acceptors (Lipinski definition) is 4. The molecule has 0 aliphatic rings. The van der Waals surface area contributed by atoms with Crippen molar-refractivity contribution in [3.8, 4) is 0 Å². The Bertz CT molecular complexity index is 509. The molecule has 0 saturated carbocycles. The van der Waals surface area contributed by atoms with Crippen LogP contribution in [-0.4, -0.2) is 27.2 Å². The highest BCUT2D eigenvalue weighted by atomic mass is 32.2. The van der Waals surface area contributed by atoms with Crippen LogP contribution in [-0.2, 0) is 10.8 Å². The molecule has 4 nitrogen and oxygen atoms in total. The van der Waals surface area contributed by atoms with Gasteiger partial charge in [0.1, 0.15) is 11.4 Å². The summed E-state index contributed by atoms with van der Waals surface area (Å²) in [7, 11) is -0.807. The van der Waals surface area contributed by atoms with Crippen molar-refractivity contribution >= 4 is 27.6 Å². The summed E-state index contributed by atoms with van der Waals surface area (Å²) in [4.78, 5) is 4.26. The zero-order chi connectivity index (χ0) is 11.5. The first-order valence-corrected chi connectivity index (χ1v) is 6.78. The van der Waals surface area contributed by atoms with Crippen molar-refractivity contribution in [1.29, 1.82) is 0 Å². The van der Waals surface area contributed by atoms with Crippen molar-refractivity contribution in [1.82, 2.24) is 4.98 Å². The van der Waals surface area contributed by atoms with Crippen molar-refractivity contribution in [3.63, 3.8) is 0 Å². The van der Waals surface area contributed by atoms with Gasteiger partial charge < -0.3 is 9.73 Å².